The van der Waals surface area contributed by atoms with Gasteiger partial charge < -0.3 is 19.2 Å². The van der Waals surface area contributed by atoms with Gasteiger partial charge in [0, 0.05) is 17.1 Å². The fourth-order valence-electron chi connectivity index (χ4n) is 1.72. The largest absolute Gasteiger partial charge is 0.496 e. The number of methoxy groups -OCH3 is 1. The van der Waals surface area contributed by atoms with Gasteiger partial charge in [-0.25, -0.2) is 4.79 Å². The summed E-state index contributed by atoms with van der Waals surface area (Å²) in [6.45, 7) is 2.36. The molecule has 0 aliphatic rings. The number of nitrogens with one attached hydrogen (secondary N) is 1. The maximum absolute atomic E-state index is 11.5. The molecule has 0 radical (unpaired) electrons. The molecule has 6 nitrogen and oxygen atoms in total. The van der Waals surface area contributed by atoms with Gasteiger partial charge in [-0.15, -0.1) is 0 Å². The molecular formula is C14H15ClN2O4. The van der Waals surface area contributed by atoms with Crippen LogP contribution in [0.3, 0.4) is 0 Å². The summed E-state index contributed by atoms with van der Waals surface area (Å²) in [6, 6.07) is 5.58. The van der Waals surface area contributed by atoms with Crippen LogP contribution in [0.15, 0.2) is 28.9 Å². The zero-order valence-corrected chi connectivity index (χ0v) is 12.4. The van der Waals surface area contributed by atoms with Crippen molar-refractivity contribution in [1.29, 1.82) is 0 Å². The maximum Gasteiger partial charge on any atom is 0.360 e. The van der Waals surface area contributed by atoms with Crippen molar-refractivity contribution in [2.24, 2.45) is 0 Å². The Morgan fingerprint density at radius 1 is 1.48 bits per heavy atom. The third-order valence-corrected chi connectivity index (χ3v) is 3.06. The number of nitrogens with zero attached hydrogens (tertiary/aromatic N) is 1. The van der Waals surface area contributed by atoms with Gasteiger partial charge in [-0.2, -0.15) is 4.98 Å². The van der Waals surface area contributed by atoms with Crippen LogP contribution in [0.25, 0.3) is 0 Å². The number of esters is 1. The molecule has 1 aromatic carbocycles. The number of carbonyl (C=O) groups excluding carboxylic acids is 1. The van der Waals surface area contributed by atoms with Crippen LogP contribution < -0.4 is 10.1 Å². The first-order valence-electron chi connectivity index (χ1n) is 6.33. The van der Waals surface area contributed by atoms with E-state index >= 15 is 0 Å². The Bertz CT molecular complexity index is 627. The first-order valence-corrected chi connectivity index (χ1v) is 6.71. The quantitative estimate of drug-likeness (QED) is 0.826. The smallest absolute Gasteiger partial charge is 0.360 e. The fourth-order valence-corrected chi connectivity index (χ4v) is 1.95. The topological polar surface area (TPSA) is 73.6 Å². The molecule has 2 aromatic rings. The number of anilines is 1. The first kappa shape index (κ1) is 15.2. The fraction of sp³-hybridized carbons (Fsp3) is 0.286. The predicted octanol–water partition coefficient (Wildman–Crippen LogP) is 3.13. The number of benzene rings is 1. The number of oxazole rings is 1. The molecule has 0 fully saturated rings. The summed E-state index contributed by atoms with van der Waals surface area (Å²) in [4.78, 5) is 15.5. The van der Waals surface area contributed by atoms with E-state index in [9.17, 15) is 4.79 Å². The molecule has 0 saturated carbocycles. The second-order valence-corrected chi connectivity index (χ2v) is 4.44. The van der Waals surface area contributed by atoms with Gasteiger partial charge in [0.1, 0.15) is 12.0 Å². The molecule has 0 spiro atoms. The van der Waals surface area contributed by atoms with E-state index in [2.05, 4.69) is 10.3 Å². The summed E-state index contributed by atoms with van der Waals surface area (Å²) in [5, 5.41) is 3.51. The van der Waals surface area contributed by atoms with E-state index in [-0.39, 0.29) is 18.3 Å². The van der Waals surface area contributed by atoms with E-state index in [1.165, 1.54) is 6.26 Å². The van der Waals surface area contributed by atoms with Crippen molar-refractivity contribution in [2.45, 2.75) is 13.5 Å². The molecule has 0 amide bonds. The van der Waals surface area contributed by atoms with E-state index in [1.807, 2.05) is 6.07 Å². The standard InChI is InChI=1S/C14H15ClN2O4/c1-3-20-13(18)11-8-21-14(17-11)16-7-9-10(15)5-4-6-12(9)19-2/h4-6,8H,3,7H2,1-2H3,(H,16,17). The first-order chi connectivity index (χ1) is 10.2. The summed E-state index contributed by atoms with van der Waals surface area (Å²) < 4.78 is 15.2. The molecule has 1 aromatic heterocycles. The van der Waals surface area contributed by atoms with Crippen molar-refractivity contribution in [1.82, 2.24) is 4.98 Å². The molecule has 0 atom stereocenters. The highest BCUT2D eigenvalue weighted by molar-refractivity contribution is 6.31. The molecule has 1 heterocycles. The highest BCUT2D eigenvalue weighted by atomic mass is 35.5. The molecule has 0 saturated heterocycles. The van der Waals surface area contributed by atoms with E-state index in [0.29, 0.717) is 17.3 Å². The van der Waals surface area contributed by atoms with Crippen molar-refractivity contribution in [3.8, 4) is 5.75 Å². The highest BCUT2D eigenvalue weighted by Crippen LogP contribution is 2.26. The van der Waals surface area contributed by atoms with Gasteiger partial charge in [0.25, 0.3) is 6.01 Å². The molecule has 0 unspecified atom stereocenters. The number of ether oxygens (including phenoxy) is 2. The second-order valence-electron chi connectivity index (χ2n) is 4.03. The Labute approximate surface area is 127 Å². The molecule has 0 bridgehead atoms. The minimum atomic E-state index is -0.523. The van der Waals surface area contributed by atoms with E-state index in [1.54, 1.807) is 26.2 Å². The Morgan fingerprint density at radius 3 is 3.00 bits per heavy atom. The number of aromatic nitrogens is 1. The molecule has 7 heteroatoms. The number of hydrogen-bond donors (Lipinski definition) is 1. The molecule has 2 rings (SSSR count). The van der Waals surface area contributed by atoms with Crippen molar-refractivity contribution in [3.05, 3.63) is 40.7 Å². The van der Waals surface area contributed by atoms with Gasteiger partial charge in [0.15, 0.2) is 5.69 Å². The van der Waals surface area contributed by atoms with E-state index in [0.717, 1.165) is 5.56 Å². The van der Waals surface area contributed by atoms with Crippen LogP contribution in [0, 0.1) is 0 Å². The Kier molecular flexibility index (Phi) is 5.05. The minimum absolute atomic E-state index is 0.116. The zero-order chi connectivity index (χ0) is 15.2. The van der Waals surface area contributed by atoms with Crippen molar-refractivity contribution < 1.29 is 18.7 Å². The Morgan fingerprint density at radius 2 is 2.29 bits per heavy atom. The van der Waals surface area contributed by atoms with Crippen LogP contribution in [-0.2, 0) is 11.3 Å². The number of hydrogen-bond acceptors (Lipinski definition) is 6. The highest BCUT2D eigenvalue weighted by Gasteiger charge is 2.14. The van der Waals surface area contributed by atoms with Crippen molar-refractivity contribution in [3.63, 3.8) is 0 Å². The molecule has 0 aliphatic carbocycles. The lowest BCUT2D eigenvalue weighted by molar-refractivity contribution is 0.0519. The lowest BCUT2D eigenvalue weighted by Crippen LogP contribution is -2.06. The molecule has 21 heavy (non-hydrogen) atoms. The third-order valence-electron chi connectivity index (χ3n) is 2.70. The average Bonchev–Trinajstić information content (AvgIpc) is 2.95. The van der Waals surface area contributed by atoms with Crippen LogP contribution in [-0.4, -0.2) is 24.7 Å². The average molecular weight is 311 g/mol. The van der Waals surface area contributed by atoms with Crippen molar-refractivity contribution >= 4 is 23.6 Å². The molecular weight excluding hydrogens is 296 g/mol. The van der Waals surface area contributed by atoms with Crippen molar-refractivity contribution in [2.75, 3.05) is 19.0 Å². The predicted molar refractivity (Wildman–Crippen MR) is 77.8 cm³/mol. The third kappa shape index (κ3) is 3.66. The molecule has 0 aliphatic heterocycles. The summed E-state index contributed by atoms with van der Waals surface area (Å²) in [5.74, 6) is 0.136. The summed E-state index contributed by atoms with van der Waals surface area (Å²) in [7, 11) is 1.57. The summed E-state index contributed by atoms with van der Waals surface area (Å²) in [6.07, 6.45) is 1.24. The second kappa shape index (κ2) is 6.99. The summed E-state index contributed by atoms with van der Waals surface area (Å²) >= 11 is 6.13. The zero-order valence-electron chi connectivity index (χ0n) is 11.7. The van der Waals surface area contributed by atoms with Crippen LogP contribution >= 0.6 is 11.6 Å². The summed E-state index contributed by atoms with van der Waals surface area (Å²) in [5.41, 5.74) is 0.892. The number of carbonyl (C=O) groups is 1. The molecule has 112 valence electrons. The van der Waals surface area contributed by atoms with Gasteiger partial charge in [-0.3, -0.25) is 0 Å². The lowest BCUT2D eigenvalue weighted by Gasteiger charge is -2.10. The van der Waals surface area contributed by atoms with Crippen LogP contribution in [0.2, 0.25) is 5.02 Å². The maximum atomic E-state index is 11.5. The van der Waals surface area contributed by atoms with Gasteiger partial charge in [0.2, 0.25) is 0 Å². The van der Waals surface area contributed by atoms with Gasteiger partial charge in [-0.1, -0.05) is 17.7 Å². The number of rotatable bonds is 6. The Hall–Kier alpha value is -2.21. The van der Waals surface area contributed by atoms with E-state index in [4.69, 9.17) is 25.5 Å². The van der Waals surface area contributed by atoms with Gasteiger partial charge >= 0.3 is 5.97 Å². The Balaban J connectivity index is 2.05. The van der Waals surface area contributed by atoms with Crippen LogP contribution in [0.4, 0.5) is 6.01 Å². The number of halogens is 1. The minimum Gasteiger partial charge on any atom is -0.496 e. The normalized spacial score (nSPS) is 10.2. The lowest BCUT2D eigenvalue weighted by atomic mass is 10.2. The SMILES string of the molecule is CCOC(=O)c1coc(NCc2c(Cl)cccc2OC)n1. The van der Waals surface area contributed by atoms with Crippen LogP contribution in [0.5, 0.6) is 5.75 Å². The monoisotopic (exact) mass is 310 g/mol. The van der Waals surface area contributed by atoms with Crippen LogP contribution in [0.1, 0.15) is 23.0 Å². The van der Waals surface area contributed by atoms with E-state index < -0.39 is 5.97 Å². The van der Waals surface area contributed by atoms with Gasteiger partial charge in [-0.05, 0) is 19.1 Å². The molecule has 1 N–H and O–H groups in total. The van der Waals surface area contributed by atoms with Gasteiger partial charge in [0.05, 0.1) is 13.7 Å².